The minimum atomic E-state index is 0.0791. The first-order valence-corrected chi connectivity index (χ1v) is 18.7. The first kappa shape index (κ1) is 37.3. The molecule has 0 radical (unpaired) electrons. The van der Waals surface area contributed by atoms with Gasteiger partial charge in [0.15, 0.2) is 6.23 Å². The Morgan fingerprint density at radius 1 is 0.875 bits per heavy atom. The molecule has 1 aliphatic heterocycles. The number of ether oxygens (including phenoxy) is 1. The molecule has 4 nitrogen and oxygen atoms in total. The van der Waals surface area contributed by atoms with Gasteiger partial charge in [-0.2, -0.15) is 0 Å². The Balaban J connectivity index is 1.35. The van der Waals surface area contributed by atoms with Gasteiger partial charge in [-0.3, -0.25) is 14.6 Å². The zero-order chi connectivity index (χ0) is 34.1. The Bertz CT molecular complexity index is 1520. The molecule has 0 N–H and O–H groups in total. The van der Waals surface area contributed by atoms with Crippen molar-refractivity contribution in [1.82, 2.24) is 9.80 Å². The lowest BCUT2D eigenvalue weighted by atomic mass is 10.0. The second-order valence-corrected chi connectivity index (χ2v) is 14.3. The van der Waals surface area contributed by atoms with E-state index in [4.69, 9.17) is 4.74 Å². The lowest BCUT2D eigenvalue weighted by Gasteiger charge is -2.39. The Labute approximate surface area is 294 Å². The van der Waals surface area contributed by atoms with Crippen molar-refractivity contribution in [2.24, 2.45) is 0 Å². The van der Waals surface area contributed by atoms with Crippen LogP contribution in [0, 0.1) is 0 Å². The van der Waals surface area contributed by atoms with Gasteiger partial charge < -0.3 is 4.74 Å². The number of allylic oxidation sites excluding steroid dienone is 7. The summed E-state index contributed by atoms with van der Waals surface area (Å²) >= 11 is 1.77. The predicted molar refractivity (Wildman–Crippen MR) is 207 cm³/mol. The first-order valence-electron chi connectivity index (χ1n) is 17.8. The van der Waals surface area contributed by atoms with Crippen LogP contribution in [0.1, 0.15) is 89.1 Å². The summed E-state index contributed by atoms with van der Waals surface area (Å²) in [6, 6.07) is 19.3. The van der Waals surface area contributed by atoms with Crippen LogP contribution in [0.4, 0.5) is 0 Å². The van der Waals surface area contributed by atoms with E-state index in [1.165, 1.54) is 32.7 Å². The molecule has 1 aliphatic rings. The number of hydrogen-bond donors (Lipinski definition) is 0. The highest BCUT2D eigenvalue weighted by atomic mass is 32.1. The molecule has 1 fully saturated rings. The van der Waals surface area contributed by atoms with Crippen molar-refractivity contribution in [1.29, 1.82) is 0 Å². The fraction of sp³-hybridized carbons (Fsp3) is 0.419. The minimum absolute atomic E-state index is 0.0791. The van der Waals surface area contributed by atoms with Gasteiger partial charge in [-0.1, -0.05) is 90.8 Å². The second kappa shape index (κ2) is 20.1. The maximum Gasteiger partial charge on any atom is 0.152 e. The lowest BCUT2D eigenvalue weighted by molar-refractivity contribution is -0.104. The van der Waals surface area contributed by atoms with E-state index in [1.54, 1.807) is 17.4 Å². The fourth-order valence-corrected chi connectivity index (χ4v) is 7.20. The van der Waals surface area contributed by atoms with Crippen LogP contribution in [0.2, 0.25) is 0 Å². The monoisotopic (exact) mass is 664 g/mol. The minimum Gasteiger partial charge on any atom is -0.475 e. The molecule has 1 atom stereocenters. The lowest BCUT2D eigenvalue weighted by Crippen LogP contribution is -2.51. The fourth-order valence-electron chi connectivity index (χ4n) is 6.20. The van der Waals surface area contributed by atoms with Crippen molar-refractivity contribution in [3.8, 4) is 16.9 Å². The third kappa shape index (κ3) is 12.2. The van der Waals surface area contributed by atoms with Gasteiger partial charge in [-0.25, -0.2) is 0 Å². The highest BCUT2D eigenvalue weighted by molar-refractivity contribution is 7.10. The summed E-state index contributed by atoms with van der Waals surface area (Å²) in [5.74, 6) is 0.907. The van der Waals surface area contributed by atoms with E-state index in [2.05, 4.69) is 123 Å². The summed E-state index contributed by atoms with van der Waals surface area (Å²) in [6.45, 7) is 16.2. The van der Waals surface area contributed by atoms with Crippen molar-refractivity contribution in [2.45, 2.75) is 92.3 Å². The van der Waals surface area contributed by atoms with Crippen LogP contribution < -0.4 is 4.74 Å². The molecule has 0 spiro atoms. The van der Waals surface area contributed by atoms with Crippen molar-refractivity contribution in [3.63, 3.8) is 0 Å². The molecule has 5 heteroatoms. The molecule has 1 aromatic heterocycles. The van der Waals surface area contributed by atoms with Crippen LogP contribution >= 0.6 is 11.3 Å². The van der Waals surface area contributed by atoms with Gasteiger partial charge in [0.05, 0.1) is 0 Å². The molecule has 2 aromatic carbocycles. The molecule has 0 aliphatic carbocycles. The third-order valence-electron chi connectivity index (χ3n) is 9.05. The third-order valence-corrected chi connectivity index (χ3v) is 10.1. The van der Waals surface area contributed by atoms with Crippen LogP contribution in [-0.2, 0) is 17.8 Å². The number of aldehydes is 1. The highest BCUT2D eigenvalue weighted by Gasteiger charge is 2.25. The SMILES string of the molecule is CCCC(Oc1ccc(-c2csc(CC=C(C)CCC=C(C)CCC=C(C)C)c2C=CC=O)cc1)N1CCN(Cc2ccccc2)CC1. The standard InChI is InChI=1S/C43H56N2O2S/c1-6-13-43(45-29-27-44(28-30-45)32-37-18-8-7-9-19-37)47-39-24-22-38(23-25-39)41-33-48-42(40(41)20-12-31-46)26-21-36(5)17-11-16-35(4)15-10-14-34(2)3/h7-9,12,14,16,18-25,31,33,43H,6,10-11,13,15,17,26-30,32H2,1-5H3. The normalized spacial score (nSPS) is 15.5. The quantitative estimate of drug-likeness (QED) is 0.0770. The molecular formula is C43H56N2O2S. The average Bonchev–Trinajstić information content (AvgIpc) is 3.49. The molecule has 256 valence electrons. The molecule has 2 heterocycles. The van der Waals surface area contributed by atoms with Crippen molar-refractivity contribution >= 4 is 23.7 Å². The molecule has 1 saturated heterocycles. The number of hydrogen-bond acceptors (Lipinski definition) is 5. The van der Waals surface area contributed by atoms with E-state index in [0.29, 0.717) is 0 Å². The number of piperazine rings is 1. The molecule has 0 amide bonds. The van der Waals surface area contributed by atoms with Gasteiger partial charge in [0.25, 0.3) is 0 Å². The number of rotatable bonds is 18. The van der Waals surface area contributed by atoms with Crippen LogP contribution in [0.15, 0.2) is 101 Å². The van der Waals surface area contributed by atoms with Gasteiger partial charge in [-0.05, 0) is 112 Å². The van der Waals surface area contributed by atoms with Crippen molar-refractivity contribution < 1.29 is 9.53 Å². The largest absolute Gasteiger partial charge is 0.475 e. The topological polar surface area (TPSA) is 32.8 Å². The zero-order valence-corrected chi connectivity index (χ0v) is 30.7. The molecule has 1 unspecified atom stereocenters. The Morgan fingerprint density at radius 2 is 1.56 bits per heavy atom. The number of carbonyl (C=O) groups is 1. The second-order valence-electron chi connectivity index (χ2n) is 13.3. The van der Waals surface area contributed by atoms with Gasteiger partial charge in [-0.15, -0.1) is 11.3 Å². The smallest absolute Gasteiger partial charge is 0.152 e. The Hall–Kier alpha value is -3.51. The van der Waals surface area contributed by atoms with Gasteiger partial charge in [0, 0.05) is 44.0 Å². The summed E-state index contributed by atoms with van der Waals surface area (Å²) in [5.41, 5.74) is 9.09. The number of benzene rings is 2. The van der Waals surface area contributed by atoms with E-state index < -0.39 is 0 Å². The molecule has 4 rings (SSSR count). The van der Waals surface area contributed by atoms with E-state index >= 15 is 0 Å². The average molecular weight is 665 g/mol. The Morgan fingerprint density at radius 3 is 2.23 bits per heavy atom. The van der Waals surface area contributed by atoms with Crippen LogP contribution in [0.5, 0.6) is 5.75 Å². The molecule has 0 bridgehead atoms. The van der Waals surface area contributed by atoms with Gasteiger partial charge in [0.1, 0.15) is 12.0 Å². The van der Waals surface area contributed by atoms with E-state index in [-0.39, 0.29) is 6.23 Å². The van der Waals surface area contributed by atoms with E-state index in [1.807, 2.05) is 6.08 Å². The zero-order valence-electron chi connectivity index (χ0n) is 29.9. The number of carbonyl (C=O) groups excluding carboxylic acids is 1. The molecule has 0 saturated carbocycles. The Kier molecular flexibility index (Phi) is 15.6. The van der Waals surface area contributed by atoms with E-state index in [9.17, 15) is 4.79 Å². The maximum atomic E-state index is 11.3. The summed E-state index contributed by atoms with van der Waals surface area (Å²) < 4.78 is 6.61. The summed E-state index contributed by atoms with van der Waals surface area (Å²) in [7, 11) is 0. The first-order chi connectivity index (χ1) is 23.4. The van der Waals surface area contributed by atoms with Crippen molar-refractivity contribution in [3.05, 3.63) is 117 Å². The maximum absolute atomic E-state index is 11.3. The summed E-state index contributed by atoms with van der Waals surface area (Å²) in [6.07, 6.45) is 19.0. The number of nitrogens with zero attached hydrogens (tertiary/aromatic N) is 2. The molecule has 3 aromatic rings. The van der Waals surface area contributed by atoms with E-state index in [0.717, 1.165) is 101 Å². The summed E-state index contributed by atoms with van der Waals surface area (Å²) in [4.78, 5) is 17.6. The van der Waals surface area contributed by atoms with Gasteiger partial charge >= 0.3 is 0 Å². The van der Waals surface area contributed by atoms with Crippen LogP contribution in [-0.4, -0.2) is 48.5 Å². The predicted octanol–water partition coefficient (Wildman–Crippen LogP) is 10.9. The van der Waals surface area contributed by atoms with Crippen LogP contribution in [0.3, 0.4) is 0 Å². The molecule has 48 heavy (non-hydrogen) atoms. The number of thiophene rings is 1. The van der Waals surface area contributed by atoms with Gasteiger partial charge in [0.2, 0.25) is 0 Å². The molecular weight excluding hydrogens is 609 g/mol. The highest BCUT2D eigenvalue weighted by Crippen LogP contribution is 2.35. The summed E-state index contributed by atoms with van der Waals surface area (Å²) in [5, 5.41) is 2.23. The van der Waals surface area contributed by atoms with Crippen molar-refractivity contribution in [2.75, 3.05) is 26.2 Å². The van der Waals surface area contributed by atoms with Crippen LogP contribution in [0.25, 0.3) is 17.2 Å².